The lowest BCUT2D eigenvalue weighted by atomic mass is 9.87. The summed E-state index contributed by atoms with van der Waals surface area (Å²) >= 11 is 0. The van der Waals surface area contributed by atoms with Crippen LogP contribution in [0, 0.1) is 5.92 Å². The predicted octanol–water partition coefficient (Wildman–Crippen LogP) is 1.39. The van der Waals surface area contributed by atoms with Gasteiger partial charge in [0.05, 0.1) is 7.11 Å². The van der Waals surface area contributed by atoms with Gasteiger partial charge < -0.3 is 10.6 Å². The zero-order valence-electron chi connectivity index (χ0n) is 9.42. The predicted molar refractivity (Wildman–Crippen MR) is 54.2 cm³/mol. The van der Waals surface area contributed by atoms with Gasteiger partial charge in [-0.15, -0.1) is 0 Å². The molecule has 1 unspecified atom stereocenters. The normalized spacial score (nSPS) is 32.3. The van der Waals surface area contributed by atoms with Gasteiger partial charge in [0.1, 0.15) is 0 Å². The van der Waals surface area contributed by atoms with E-state index >= 15 is 0 Å². The van der Waals surface area contributed by atoms with Crippen molar-refractivity contribution >= 4 is 0 Å². The Morgan fingerprint density at radius 1 is 1.38 bits per heavy atom. The molecule has 3 heteroatoms. The number of hydroxylamine groups is 2. The van der Waals surface area contributed by atoms with Gasteiger partial charge in [0.25, 0.3) is 0 Å². The van der Waals surface area contributed by atoms with Crippen LogP contribution < -0.4 is 5.73 Å². The molecule has 1 saturated heterocycles. The van der Waals surface area contributed by atoms with E-state index in [9.17, 15) is 0 Å². The van der Waals surface area contributed by atoms with E-state index in [1.165, 1.54) is 0 Å². The minimum absolute atomic E-state index is 0.0486. The first-order chi connectivity index (χ1) is 5.86. The zero-order chi connectivity index (χ0) is 10.3. The van der Waals surface area contributed by atoms with Gasteiger partial charge in [-0.25, -0.2) is 0 Å². The molecule has 1 rings (SSSR count). The maximum Gasteiger partial charge on any atom is 0.0575 e. The van der Waals surface area contributed by atoms with E-state index in [2.05, 4.69) is 32.8 Å². The Morgan fingerprint density at radius 3 is 2.15 bits per heavy atom. The minimum Gasteiger partial charge on any atom is -0.330 e. The number of nitrogens with two attached hydrogens (primary N) is 1. The van der Waals surface area contributed by atoms with Crippen LogP contribution in [0.4, 0.5) is 0 Å². The lowest BCUT2D eigenvalue weighted by Gasteiger charge is -2.39. The van der Waals surface area contributed by atoms with Crippen molar-refractivity contribution in [1.29, 1.82) is 0 Å². The maximum atomic E-state index is 5.77. The van der Waals surface area contributed by atoms with Crippen LogP contribution in [0.5, 0.6) is 0 Å². The molecule has 0 aliphatic carbocycles. The van der Waals surface area contributed by atoms with E-state index in [0.29, 0.717) is 5.92 Å². The van der Waals surface area contributed by atoms with Gasteiger partial charge >= 0.3 is 0 Å². The van der Waals surface area contributed by atoms with Crippen LogP contribution >= 0.6 is 0 Å². The lowest BCUT2D eigenvalue weighted by Crippen LogP contribution is -2.49. The van der Waals surface area contributed by atoms with Crippen LogP contribution in [-0.2, 0) is 4.84 Å². The molecule has 13 heavy (non-hydrogen) atoms. The second kappa shape index (κ2) is 3.23. The monoisotopic (exact) mass is 186 g/mol. The molecule has 0 bridgehead atoms. The quantitative estimate of drug-likeness (QED) is 0.708. The highest BCUT2D eigenvalue weighted by Gasteiger charge is 2.51. The molecule has 1 heterocycles. The van der Waals surface area contributed by atoms with Gasteiger partial charge in [0, 0.05) is 11.1 Å². The number of hydrogen-bond acceptors (Lipinski definition) is 3. The topological polar surface area (TPSA) is 38.5 Å². The minimum atomic E-state index is 0.0486. The first kappa shape index (κ1) is 11.0. The summed E-state index contributed by atoms with van der Waals surface area (Å²) in [7, 11) is 1.74. The summed E-state index contributed by atoms with van der Waals surface area (Å²) in [4.78, 5) is 5.45. The van der Waals surface area contributed by atoms with Crippen molar-refractivity contribution in [2.45, 2.75) is 45.2 Å². The highest BCUT2D eigenvalue weighted by molar-refractivity contribution is 5.02. The zero-order valence-corrected chi connectivity index (χ0v) is 9.42. The van der Waals surface area contributed by atoms with Gasteiger partial charge in [-0.3, -0.25) is 0 Å². The second-order valence-corrected chi connectivity index (χ2v) is 5.08. The number of rotatable bonds is 2. The van der Waals surface area contributed by atoms with E-state index in [4.69, 9.17) is 10.6 Å². The van der Waals surface area contributed by atoms with Crippen molar-refractivity contribution in [3.63, 3.8) is 0 Å². The Balaban J connectivity index is 2.92. The maximum absolute atomic E-state index is 5.77. The van der Waals surface area contributed by atoms with Crippen molar-refractivity contribution < 1.29 is 4.84 Å². The average molecular weight is 186 g/mol. The van der Waals surface area contributed by atoms with E-state index in [1.54, 1.807) is 7.11 Å². The molecule has 0 aromatic rings. The molecule has 0 radical (unpaired) electrons. The largest absolute Gasteiger partial charge is 0.330 e. The van der Waals surface area contributed by atoms with Gasteiger partial charge in [0.2, 0.25) is 0 Å². The summed E-state index contributed by atoms with van der Waals surface area (Å²) in [6.07, 6.45) is 1.10. The number of nitrogens with zero attached hydrogens (tertiary/aromatic N) is 1. The Bertz CT molecular complexity index is 189. The fraction of sp³-hybridized carbons (Fsp3) is 1.00. The second-order valence-electron chi connectivity index (χ2n) is 5.08. The Morgan fingerprint density at radius 2 is 1.92 bits per heavy atom. The smallest absolute Gasteiger partial charge is 0.0575 e. The highest BCUT2D eigenvalue weighted by Crippen LogP contribution is 2.44. The van der Waals surface area contributed by atoms with Crippen molar-refractivity contribution in [2.75, 3.05) is 13.7 Å². The highest BCUT2D eigenvalue weighted by atomic mass is 16.7. The molecule has 1 fully saturated rings. The van der Waals surface area contributed by atoms with Gasteiger partial charge in [-0.2, -0.15) is 5.06 Å². The van der Waals surface area contributed by atoms with E-state index in [1.807, 2.05) is 0 Å². The van der Waals surface area contributed by atoms with Gasteiger partial charge in [0.15, 0.2) is 0 Å². The third-order valence-corrected chi connectivity index (χ3v) is 3.29. The fourth-order valence-corrected chi connectivity index (χ4v) is 2.74. The Kier molecular flexibility index (Phi) is 2.72. The van der Waals surface area contributed by atoms with E-state index in [0.717, 1.165) is 13.0 Å². The van der Waals surface area contributed by atoms with Crippen LogP contribution in [0.3, 0.4) is 0 Å². The Labute approximate surface area is 81.2 Å². The summed E-state index contributed by atoms with van der Waals surface area (Å²) in [5.74, 6) is 0.516. The molecule has 3 nitrogen and oxygen atoms in total. The molecular weight excluding hydrogens is 164 g/mol. The molecule has 2 N–H and O–H groups in total. The van der Waals surface area contributed by atoms with Crippen molar-refractivity contribution in [2.24, 2.45) is 11.7 Å². The summed E-state index contributed by atoms with van der Waals surface area (Å²) in [5, 5.41) is 2.08. The molecule has 1 aliphatic heterocycles. The molecule has 0 spiro atoms. The van der Waals surface area contributed by atoms with Crippen molar-refractivity contribution in [3.8, 4) is 0 Å². The molecule has 0 saturated carbocycles. The van der Waals surface area contributed by atoms with Crippen molar-refractivity contribution in [3.05, 3.63) is 0 Å². The molecular formula is C10H22N2O. The first-order valence-corrected chi connectivity index (χ1v) is 4.91. The molecule has 78 valence electrons. The first-order valence-electron chi connectivity index (χ1n) is 4.91. The Hall–Kier alpha value is -0.120. The summed E-state index contributed by atoms with van der Waals surface area (Å²) in [6, 6.07) is 0. The summed E-state index contributed by atoms with van der Waals surface area (Å²) in [5.41, 5.74) is 5.91. The third-order valence-electron chi connectivity index (χ3n) is 3.29. The van der Waals surface area contributed by atoms with Crippen LogP contribution in [0.1, 0.15) is 34.1 Å². The molecule has 1 atom stereocenters. The van der Waals surface area contributed by atoms with Gasteiger partial charge in [-0.1, -0.05) is 0 Å². The summed E-state index contributed by atoms with van der Waals surface area (Å²) in [6.45, 7) is 9.53. The fourth-order valence-electron chi connectivity index (χ4n) is 2.74. The van der Waals surface area contributed by atoms with Crippen LogP contribution in [0.25, 0.3) is 0 Å². The van der Waals surface area contributed by atoms with E-state index in [-0.39, 0.29) is 11.1 Å². The lowest BCUT2D eigenvalue weighted by molar-refractivity contribution is -0.223. The van der Waals surface area contributed by atoms with Crippen LogP contribution in [0.15, 0.2) is 0 Å². The molecule has 0 amide bonds. The standard InChI is InChI=1S/C10H22N2O/c1-9(2)6-8(7-11)10(3,4)12(9)13-5/h8H,6-7,11H2,1-5H3. The average Bonchev–Trinajstić information content (AvgIpc) is 2.16. The third kappa shape index (κ3) is 1.60. The molecule has 0 aromatic carbocycles. The molecule has 1 aliphatic rings. The SMILES string of the molecule is CON1C(C)(C)CC(CN)C1(C)C. The van der Waals surface area contributed by atoms with Crippen LogP contribution in [0.2, 0.25) is 0 Å². The van der Waals surface area contributed by atoms with E-state index < -0.39 is 0 Å². The van der Waals surface area contributed by atoms with Crippen molar-refractivity contribution in [1.82, 2.24) is 5.06 Å². The molecule has 0 aromatic heterocycles. The summed E-state index contributed by atoms with van der Waals surface area (Å²) < 4.78 is 0. The van der Waals surface area contributed by atoms with Crippen LogP contribution in [-0.4, -0.2) is 29.8 Å². The van der Waals surface area contributed by atoms with Gasteiger partial charge in [-0.05, 0) is 46.6 Å². The number of hydrogen-bond donors (Lipinski definition) is 1.